The van der Waals surface area contributed by atoms with Crippen LogP contribution in [0.2, 0.25) is 0 Å². The minimum Gasteiger partial charge on any atom is -0.550 e. The van der Waals surface area contributed by atoms with Gasteiger partial charge in [0.1, 0.15) is 0 Å². The van der Waals surface area contributed by atoms with E-state index in [2.05, 4.69) is 6.08 Å². The van der Waals surface area contributed by atoms with Crippen LogP contribution < -0.4 is 24.0 Å². The third kappa shape index (κ3) is 11.5. The molecule has 0 spiro atoms. The number of unbranched alkanes of at least 4 members (excludes halogenated alkanes) is 2. The quantitative estimate of drug-likeness (QED) is 0.270. The van der Waals surface area contributed by atoms with Gasteiger partial charge in [-0.25, -0.2) is 0 Å². The van der Waals surface area contributed by atoms with E-state index in [1.54, 1.807) is 7.05 Å². The topological polar surface area (TPSA) is 60.4 Å². The number of rotatable bonds is 8. The second kappa shape index (κ2) is 11.8. The molecule has 0 fully saturated rings. The summed E-state index contributed by atoms with van der Waals surface area (Å²) < 4.78 is 0. The van der Waals surface area contributed by atoms with Crippen LogP contribution in [0.15, 0.2) is 12.2 Å². The minimum absolute atomic E-state index is 0. The van der Waals surface area contributed by atoms with E-state index < -0.39 is 5.97 Å². The fraction of sp³-hybridized carbons (Fsp3) is 0.667. The molecule has 0 aliphatic carbocycles. The van der Waals surface area contributed by atoms with Gasteiger partial charge in [0, 0.05) is 32.4 Å². The van der Waals surface area contributed by atoms with Crippen LogP contribution in [0.1, 0.15) is 39.0 Å². The summed E-state index contributed by atoms with van der Waals surface area (Å²) in [7, 11) is 1.62. The van der Waals surface area contributed by atoms with Crippen LogP contribution in [0.3, 0.4) is 0 Å². The van der Waals surface area contributed by atoms with E-state index in [1.165, 1.54) is 4.90 Å². The first-order valence-corrected chi connectivity index (χ1v) is 5.63. The van der Waals surface area contributed by atoms with Crippen molar-refractivity contribution in [2.45, 2.75) is 39.0 Å². The molecule has 0 aromatic heterocycles. The number of hydrogen-bond donors (Lipinski definition) is 0. The summed E-state index contributed by atoms with van der Waals surface area (Å²) in [6, 6.07) is 0. The van der Waals surface area contributed by atoms with Crippen LogP contribution in [0.5, 0.6) is 0 Å². The van der Waals surface area contributed by atoms with Crippen LogP contribution in [0.25, 0.3) is 0 Å². The molecule has 0 aliphatic heterocycles. The third-order valence-electron chi connectivity index (χ3n) is 2.32. The van der Waals surface area contributed by atoms with Crippen molar-refractivity contribution in [3.63, 3.8) is 0 Å². The van der Waals surface area contributed by atoms with Gasteiger partial charge < -0.3 is 14.8 Å². The Morgan fingerprint density at radius 1 is 1.24 bits per heavy atom. The largest absolute Gasteiger partial charge is 1.00 e. The molecule has 0 radical (unpaired) electrons. The van der Waals surface area contributed by atoms with E-state index in [0.29, 0.717) is 6.42 Å². The molecule has 0 saturated carbocycles. The van der Waals surface area contributed by atoms with Gasteiger partial charge in [0.15, 0.2) is 0 Å². The van der Waals surface area contributed by atoms with Crippen molar-refractivity contribution in [3.8, 4) is 0 Å². The average molecular weight is 233 g/mol. The smallest absolute Gasteiger partial charge is 0.550 e. The van der Waals surface area contributed by atoms with Crippen LogP contribution in [-0.4, -0.2) is 30.4 Å². The molecular formula is C12H20LiNO3. The van der Waals surface area contributed by atoms with Gasteiger partial charge in [0.25, 0.3) is 0 Å². The maximum absolute atomic E-state index is 11.5. The molecule has 0 heterocycles. The Balaban J connectivity index is 0. The number of allylic oxidation sites excluding steroid dienone is 2. The van der Waals surface area contributed by atoms with Gasteiger partial charge >= 0.3 is 18.9 Å². The Hall–Kier alpha value is -0.723. The number of aliphatic carboxylic acids is 1. The molecule has 92 valence electrons. The molecule has 0 aromatic carbocycles. The van der Waals surface area contributed by atoms with Gasteiger partial charge in [-0.3, -0.25) is 4.79 Å². The fourth-order valence-corrected chi connectivity index (χ4v) is 1.28. The summed E-state index contributed by atoms with van der Waals surface area (Å²) in [6.07, 6.45) is 7.29. The van der Waals surface area contributed by atoms with E-state index in [9.17, 15) is 14.7 Å². The summed E-state index contributed by atoms with van der Waals surface area (Å²) in [5.41, 5.74) is 0. The normalized spacial score (nSPS) is 10.0. The Labute approximate surface area is 115 Å². The first-order valence-electron chi connectivity index (χ1n) is 5.63. The van der Waals surface area contributed by atoms with E-state index >= 15 is 0 Å². The Morgan fingerprint density at radius 2 is 1.88 bits per heavy atom. The van der Waals surface area contributed by atoms with Gasteiger partial charge in [-0.15, -0.1) is 0 Å². The fourth-order valence-electron chi connectivity index (χ4n) is 1.28. The zero-order chi connectivity index (χ0) is 12.4. The monoisotopic (exact) mass is 233 g/mol. The number of hydrogen-bond acceptors (Lipinski definition) is 3. The van der Waals surface area contributed by atoms with Crippen molar-refractivity contribution in [1.82, 2.24) is 4.90 Å². The number of carbonyl (C=O) groups is 2. The average Bonchev–Trinajstić information content (AvgIpc) is 2.25. The van der Waals surface area contributed by atoms with Crippen LogP contribution in [-0.2, 0) is 9.59 Å². The number of amides is 1. The van der Waals surface area contributed by atoms with Gasteiger partial charge in [0.05, 0.1) is 0 Å². The molecule has 0 aliphatic rings. The number of carbonyl (C=O) groups excluding carboxylic acids is 2. The predicted octanol–water partition coefficient (Wildman–Crippen LogP) is -2.27. The molecule has 0 unspecified atom stereocenters. The van der Waals surface area contributed by atoms with Crippen LogP contribution >= 0.6 is 0 Å². The van der Waals surface area contributed by atoms with Gasteiger partial charge in [0.2, 0.25) is 5.91 Å². The maximum atomic E-state index is 11.5. The molecule has 0 bridgehead atoms. The van der Waals surface area contributed by atoms with E-state index in [0.717, 1.165) is 19.3 Å². The van der Waals surface area contributed by atoms with E-state index in [4.69, 9.17) is 0 Å². The summed E-state index contributed by atoms with van der Waals surface area (Å²) in [5, 5.41) is 10.2. The standard InChI is InChI=1S/C12H21NO3.Li/c1-3-4-5-6-7-8-11(14)13(2)10-9-12(15)16;/h3-4H,5-10H2,1-2H3,(H,15,16);/q;+1/p-1/b4-3+;. The number of carboxylic acid groups (broad SMARTS) is 1. The van der Waals surface area contributed by atoms with Crippen molar-refractivity contribution < 1.29 is 33.6 Å². The van der Waals surface area contributed by atoms with E-state index in [-0.39, 0.29) is 37.7 Å². The number of carboxylic acids is 1. The zero-order valence-corrected chi connectivity index (χ0v) is 11.1. The van der Waals surface area contributed by atoms with Crippen LogP contribution in [0.4, 0.5) is 0 Å². The molecule has 0 saturated heterocycles. The van der Waals surface area contributed by atoms with Gasteiger partial charge in [-0.2, -0.15) is 0 Å². The third-order valence-corrected chi connectivity index (χ3v) is 2.32. The Morgan fingerprint density at radius 3 is 2.41 bits per heavy atom. The van der Waals surface area contributed by atoms with Gasteiger partial charge in [-0.1, -0.05) is 12.2 Å². The summed E-state index contributed by atoms with van der Waals surface area (Å²) >= 11 is 0. The van der Waals surface area contributed by atoms with Crippen LogP contribution in [0, 0.1) is 0 Å². The van der Waals surface area contributed by atoms with Gasteiger partial charge in [-0.05, 0) is 26.2 Å². The first kappa shape index (κ1) is 18.6. The van der Waals surface area contributed by atoms with Crippen molar-refractivity contribution in [2.75, 3.05) is 13.6 Å². The molecule has 0 atom stereocenters. The number of nitrogens with zero attached hydrogens (tertiary/aromatic N) is 1. The SMILES string of the molecule is C/C=C/CCCCC(=O)N(C)CCC(=O)[O-].[Li+]. The van der Waals surface area contributed by atoms with Crippen molar-refractivity contribution >= 4 is 11.9 Å². The zero-order valence-electron chi connectivity index (χ0n) is 11.1. The van der Waals surface area contributed by atoms with Crippen molar-refractivity contribution in [2.24, 2.45) is 0 Å². The molecular weight excluding hydrogens is 213 g/mol. The predicted molar refractivity (Wildman–Crippen MR) is 60.5 cm³/mol. The second-order valence-electron chi connectivity index (χ2n) is 3.75. The molecule has 0 aromatic rings. The summed E-state index contributed by atoms with van der Waals surface area (Å²) in [4.78, 5) is 23.1. The maximum Gasteiger partial charge on any atom is 1.00 e. The summed E-state index contributed by atoms with van der Waals surface area (Å²) in [6.45, 7) is 2.20. The molecule has 0 N–H and O–H groups in total. The molecule has 4 nitrogen and oxygen atoms in total. The molecule has 5 heteroatoms. The molecule has 1 amide bonds. The van der Waals surface area contributed by atoms with E-state index in [1.807, 2.05) is 13.0 Å². The molecule has 17 heavy (non-hydrogen) atoms. The molecule has 0 rings (SSSR count). The van der Waals surface area contributed by atoms with Crippen molar-refractivity contribution in [3.05, 3.63) is 12.2 Å². The second-order valence-corrected chi connectivity index (χ2v) is 3.75. The first-order chi connectivity index (χ1) is 7.57. The Kier molecular flexibility index (Phi) is 12.9. The summed E-state index contributed by atoms with van der Waals surface area (Å²) in [5.74, 6) is -1.12. The van der Waals surface area contributed by atoms with Crippen molar-refractivity contribution in [1.29, 1.82) is 0 Å². The minimum atomic E-state index is -1.12. The Bertz CT molecular complexity index is 254.